The van der Waals surface area contributed by atoms with E-state index in [2.05, 4.69) is 0 Å². The summed E-state index contributed by atoms with van der Waals surface area (Å²) in [4.78, 5) is 10.6. The maximum atomic E-state index is 11.7. The third-order valence-electron chi connectivity index (χ3n) is 2.24. The van der Waals surface area contributed by atoms with Crippen molar-refractivity contribution in [1.29, 1.82) is 5.26 Å². The van der Waals surface area contributed by atoms with Crippen molar-refractivity contribution < 1.29 is 23.4 Å². The van der Waals surface area contributed by atoms with E-state index in [0.29, 0.717) is 11.1 Å². The number of carbonyl (C=O) groups is 1. The SMILES string of the molecule is N#Cc1ccc(CS(=O)(=O)N[C@@H](CO)C(=O)O)cc1. The molecule has 3 N–H and O–H groups in total. The quantitative estimate of drug-likeness (QED) is 0.641. The van der Waals surface area contributed by atoms with Gasteiger partial charge in [-0.15, -0.1) is 0 Å². The predicted molar refractivity (Wildman–Crippen MR) is 65.4 cm³/mol. The summed E-state index contributed by atoms with van der Waals surface area (Å²) in [5.41, 5.74) is 0.807. The highest BCUT2D eigenvalue weighted by Gasteiger charge is 2.23. The number of rotatable bonds is 6. The van der Waals surface area contributed by atoms with Gasteiger partial charge in [0.2, 0.25) is 10.0 Å². The van der Waals surface area contributed by atoms with Crippen molar-refractivity contribution in [2.24, 2.45) is 0 Å². The van der Waals surface area contributed by atoms with Crippen LogP contribution in [0.2, 0.25) is 0 Å². The first-order valence-electron chi connectivity index (χ1n) is 5.20. The second-order valence-corrected chi connectivity index (χ2v) is 5.51. The summed E-state index contributed by atoms with van der Waals surface area (Å²) >= 11 is 0. The molecule has 8 heteroatoms. The smallest absolute Gasteiger partial charge is 0.324 e. The molecule has 0 saturated carbocycles. The Bertz CT molecular complexity index is 589. The van der Waals surface area contributed by atoms with Gasteiger partial charge in [0.1, 0.15) is 6.04 Å². The number of aliphatic hydroxyl groups is 1. The van der Waals surface area contributed by atoms with Crippen molar-refractivity contribution in [1.82, 2.24) is 4.72 Å². The lowest BCUT2D eigenvalue weighted by Gasteiger charge is -2.12. The summed E-state index contributed by atoms with van der Waals surface area (Å²) in [7, 11) is -3.88. The average molecular weight is 284 g/mol. The number of nitrogens with zero attached hydrogens (tertiary/aromatic N) is 1. The highest BCUT2D eigenvalue weighted by molar-refractivity contribution is 7.88. The fourth-order valence-electron chi connectivity index (χ4n) is 1.32. The highest BCUT2D eigenvalue weighted by atomic mass is 32.2. The minimum absolute atomic E-state index is 0.396. The summed E-state index contributed by atoms with van der Waals surface area (Å²) < 4.78 is 25.2. The van der Waals surface area contributed by atoms with Crippen LogP contribution in [-0.4, -0.2) is 37.2 Å². The van der Waals surface area contributed by atoms with Gasteiger partial charge in [-0.3, -0.25) is 4.79 Å². The van der Waals surface area contributed by atoms with Gasteiger partial charge in [-0.1, -0.05) is 12.1 Å². The number of aliphatic hydroxyl groups excluding tert-OH is 1. The van der Waals surface area contributed by atoms with Gasteiger partial charge >= 0.3 is 5.97 Å². The fraction of sp³-hybridized carbons (Fsp3) is 0.273. The molecule has 0 aliphatic rings. The number of sulfonamides is 1. The first-order chi connectivity index (χ1) is 8.88. The van der Waals surface area contributed by atoms with Crippen LogP contribution in [0, 0.1) is 11.3 Å². The monoisotopic (exact) mass is 284 g/mol. The van der Waals surface area contributed by atoms with E-state index < -0.39 is 34.4 Å². The predicted octanol–water partition coefficient (Wildman–Crippen LogP) is -0.577. The molecule has 0 saturated heterocycles. The lowest BCUT2D eigenvalue weighted by atomic mass is 10.2. The largest absolute Gasteiger partial charge is 0.480 e. The molecule has 102 valence electrons. The van der Waals surface area contributed by atoms with Crippen molar-refractivity contribution >= 4 is 16.0 Å². The van der Waals surface area contributed by atoms with Gasteiger partial charge in [-0.2, -0.15) is 9.98 Å². The number of aliphatic carboxylic acids is 1. The second-order valence-electron chi connectivity index (χ2n) is 3.76. The molecule has 0 bridgehead atoms. The summed E-state index contributed by atoms with van der Waals surface area (Å²) in [5, 5.41) is 26.0. The summed E-state index contributed by atoms with van der Waals surface area (Å²) in [5.74, 6) is -1.88. The number of nitrogens with one attached hydrogen (secondary N) is 1. The third kappa shape index (κ3) is 4.67. The maximum Gasteiger partial charge on any atom is 0.324 e. The molecule has 0 aliphatic heterocycles. The normalized spacial score (nSPS) is 12.6. The van der Waals surface area contributed by atoms with Crippen LogP contribution >= 0.6 is 0 Å². The number of hydrogen-bond donors (Lipinski definition) is 3. The van der Waals surface area contributed by atoms with Crippen molar-refractivity contribution in [3.05, 3.63) is 35.4 Å². The molecular weight excluding hydrogens is 272 g/mol. The topological polar surface area (TPSA) is 127 Å². The molecule has 1 rings (SSSR count). The Kier molecular flexibility index (Phi) is 5.00. The average Bonchev–Trinajstić information content (AvgIpc) is 2.36. The lowest BCUT2D eigenvalue weighted by molar-refractivity contribution is -0.139. The summed E-state index contributed by atoms with van der Waals surface area (Å²) in [6.45, 7) is -0.831. The van der Waals surface area contributed by atoms with Gasteiger partial charge < -0.3 is 10.2 Å². The number of benzene rings is 1. The Morgan fingerprint density at radius 1 is 1.37 bits per heavy atom. The van der Waals surface area contributed by atoms with E-state index in [4.69, 9.17) is 15.5 Å². The summed E-state index contributed by atoms with van der Waals surface area (Å²) in [6, 6.07) is 6.19. The summed E-state index contributed by atoms with van der Waals surface area (Å²) in [6.07, 6.45) is 0. The lowest BCUT2D eigenvalue weighted by Crippen LogP contribution is -2.43. The van der Waals surface area contributed by atoms with Crippen LogP contribution < -0.4 is 4.72 Å². The van der Waals surface area contributed by atoms with Gasteiger partial charge in [0, 0.05) is 0 Å². The fourth-order valence-corrected chi connectivity index (χ4v) is 2.64. The molecule has 0 heterocycles. The highest BCUT2D eigenvalue weighted by Crippen LogP contribution is 2.07. The molecule has 19 heavy (non-hydrogen) atoms. The number of hydrogen-bond acceptors (Lipinski definition) is 5. The van der Waals surface area contributed by atoms with Crippen molar-refractivity contribution in [2.45, 2.75) is 11.8 Å². The number of nitriles is 1. The molecule has 0 radical (unpaired) electrons. The van der Waals surface area contributed by atoms with E-state index in [1.54, 1.807) is 0 Å². The standard InChI is InChI=1S/C11H12N2O5S/c12-5-8-1-3-9(4-2-8)7-19(17,18)13-10(6-14)11(15)16/h1-4,10,13-14H,6-7H2,(H,15,16)/t10-/m0/s1. The second kappa shape index (κ2) is 6.29. The zero-order chi connectivity index (χ0) is 14.5. The van der Waals surface area contributed by atoms with Gasteiger partial charge in [0.25, 0.3) is 0 Å². The minimum atomic E-state index is -3.88. The van der Waals surface area contributed by atoms with Gasteiger partial charge in [-0.25, -0.2) is 8.42 Å². The molecular formula is C11H12N2O5S. The van der Waals surface area contributed by atoms with Gasteiger partial charge in [0.15, 0.2) is 0 Å². The number of carboxylic acid groups (broad SMARTS) is 1. The number of carboxylic acids is 1. The van der Waals surface area contributed by atoms with E-state index in [9.17, 15) is 13.2 Å². The maximum absolute atomic E-state index is 11.7. The molecule has 0 aromatic heterocycles. The van der Waals surface area contributed by atoms with E-state index in [-0.39, 0.29) is 0 Å². The van der Waals surface area contributed by atoms with Gasteiger partial charge in [-0.05, 0) is 17.7 Å². The Morgan fingerprint density at radius 2 is 1.95 bits per heavy atom. The van der Waals surface area contributed by atoms with Crippen LogP contribution in [0.3, 0.4) is 0 Å². The zero-order valence-corrected chi connectivity index (χ0v) is 10.6. The molecule has 0 amide bonds. The van der Waals surface area contributed by atoms with Gasteiger partial charge in [0.05, 0.1) is 24.0 Å². The Hall–Kier alpha value is -1.95. The van der Waals surface area contributed by atoms with Crippen LogP contribution in [0.25, 0.3) is 0 Å². The molecule has 0 aliphatic carbocycles. The van der Waals surface area contributed by atoms with Crippen LogP contribution in [0.5, 0.6) is 0 Å². The van der Waals surface area contributed by atoms with Crippen LogP contribution in [-0.2, 0) is 20.6 Å². The molecule has 1 aromatic carbocycles. The molecule has 1 aromatic rings. The Labute approximate surface area is 110 Å². The molecule has 0 unspecified atom stereocenters. The van der Waals surface area contributed by atoms with E-state index in [0.717, 1.165) is 0 Å². The first-order valence-corrected chi connectivity index (χ1v) is 6.86. The Balaban J connectivity index is 2.79. The minimum Gasteiger partial charge on any atom is -0.480 e. The van der Waals surface area contributed by atoms with Crippen LogP contribution in [0.4, 0.5) is 0 Å². The van der Waals surface area contributed by atoms with E-state index in [1.807, 2.05) is 10.8 Å². The molecule has 7 nitrogen and oxygen atoms in total. The van der Waals surface area contributed by atoms with Crippen molar-refractivity contribution in [3.8, 4) is 6.07 Å². The molecule has 0 spiro atoms. The van der Waals surface area contributed by atoms with Crippen LogP contribution in [0.1, 0.15) is 11.1 Å². The van der Waals surface area contributed by atoms with Crippen molar-refractivity contribution in [2.75, 3.05) is 6.61 Å². The van der Waals surface area contributed by atoms with Crippen LogP contribution in [0.15, 0.2) is 24.3 Å². The van der Waals surface area contributed by atoms with Crippen molar-refractivity contribution in [3.63, 3.8) is 0 Å². The van der Waals surface area contributed by atoms with E-state index >= 15 is 0 Å². The van der Waals surface area contributed by atoms with E-state index in [1.165, 1.54) is 24.3 Å². The third-order valence-corrected chi connectivity index (χ3v) is 3.60. The Morgan fingerprint density at radius 3 is 2.37 bits per heavy atom. The molecule has 1 atom stereocenters. The molecule has 0 fully saturated rings. The first kappa shape index (κ1) is 15.1. The zero-order valence-electron chi connectivity index (χ0n) is 9.78.